The quantitative estimate of drug-likeness (QED) is 0.840. The second kappa shape index (κ2) is 6.29. The van der Waals surface area contributed by atoms with Gasteiger partial charge >= 0.3 is 0 Å². The minimum absolute atomic E-state index is 0.767. The molecule has 0 saturated heterocycles. The third-order valence-corrected chi connectivity index (χ3v) is 3.01. The molecule has 2 aromatic rings. The van der Waals surface area contributed by atoms with Crippen LogP contribution in [0.5, 0.6) is 5.75 Å². The van der Waals surface area contributed by atoms with E-state index in [0.717, 1.165) is 36.6 Å². The fraction of sp³-hybridized carbons (Fsp3) is 0.462. The molecule has 1 heterocycles. The van der Waals surface area contributed by atoms with Crippen molar-refractivity contribution in [3.05, 3.63) is 29.6 Å². The number of benzene rings is 1. The predicted molar refractivity (Wildman–Crippen MR) is 72.7 cm³/mol. The van der Waals surface area contributed by atoms with Crippen molar-refractivity contribution < 1.29 is 4.74 Å². The van der Waals surface area contributed by atoms with E-state index in [1.54, 1.807) is 11.8 Å². The molecule has 0 spiro atoms. The van der Waals surface area contributed by atoms with Crippen LogP contribution in [-0.4, -0.2) is 40.9 Å². The van der Waals surface area contributed by atoms with Crippen LogP contribution in [0.25, 0.3) is 5.69 Å². The van der Waals surface area contributed by atoms with E-state index in [9.17, 15) is 0 Å². The zero-order chi connectivity index (χ0) is 13.7. The third kappa shape index (κ3) is 2.90. The Morgan fingerprint density at radius 1 is 1.37 bits per heavy atom. The number of rotatable bonds is 6. The van der Waals surface area contributed by atoms with Gasteiger partial charge in [-0.3, -0.25) is 0 Å². The maximum atomic E-state index is 5.40. The van der Waals surface area contributed by atoms with Crippen molar-refractivity contribution >= 4 is 0 Å². The zero-order valence-electron chi connectivity index (χ0n) is 11.6. The summed E-state index contributed by atoms with van der Waals surface area (Å²) in [5, 5.41) is 15.0. The molecule has 2 rings (SSSR count). The van der Waals surface area contributed by atoms with Gasteiger partial charge in [0.05, 0.1) is 7.11 Å². The van der Waals surface area contributed by atoms with Crippen molar-refractivity contribution in [3.8, 4) is 11.4 Å². The molecule has 0 bridgehead atoms. The Kier molecular flexibility index (Phi) is 4.46. The number of nitrogens with zero attached hydrogens (tertiary/aromatic N) is 4. The van der Waals surface area contributed by atoms with Gasteiger partial charge in [-0.05, 0) is 41.6 Å². The van der Waals surface area contributed by atoms with E-state index in [2.05, 4.69) is 39.9 Å². The molecule has 1 N–H and O–H groups in total. The predicted octanol–water partition coefficient (Wildman–Crippen LogP) is 0.995. The Balaban J connectivity index is 2.42. The minimum atomic E-state index is 0.767. The van der Waals surface area contributed by atoms with Crippen LogP contribution in [-0.2, 0) is 12.8 Å². The van der Waals surface area contributed by atoms with Crippen LogP contribution in [0.4, 0.5) is 0 Å². The zero-order valence-corrected chi connectivity index (χ0v) is 11.6. The van der Waals surface area contributed by atoms with Crippen molar-refractivity contribution in [3.63, 3.8) is 0 Å². The van der Waals surface area contributed by atoms with Gasteiger partial charge in [-0.2, -0.15) is 4.68 Å². The molecule has 0 atom stereocenters. The fourth-order valence-corrected chi connectivity index (χ4v) is 1.91. The van der Waals surface area contributed by atoms with E-state index >= 15 is 0 Å². The molecule has 6 nitrogen and oxygen atoms in total. The summed E-state index contributed by atoms with van der Waals surface area (Å²) in [6.45, 7) is 2.95. The molecule has 0 aliphatic rings. The molecule has 1 aromatic carbocycles. The Morgan fingerprint density at radius 3 is 2.89 bits per heavy atom. The van der Waals surface area contributed by atoms with Crippen LogP contribution in [0.15, 0.2) is 18.2 Å². The molecule has 0 unspecified atom stereocenters. The normalized spacial score (nSPS) is 10.7. The lowest BCUT2D eigenvalue weighted by molar-refractivity contribution is 0.410. The van der Waals surface area contributed by atoms with Crippen molar-refractivity contribution in [1.29, 1.82) is 0 Å². The average molecular weight is 261 g/mol. The Bertz CT molecular complexity index is 538. The highest BCUT2D eigenvalue weighted by molar-refractivity contribution is 5.48. The van der Waals surface area contributed by atoms with Gasteiger partial charge < -0.3 is 10.1 Å². The molecule has 0 radical (unpaired) electrons. The van der Waals surface area contributed by atoms with Crippen LogP contribution in [0.1, 0.15) is 18.3 Å². The van der Waals surface area contributed by atoms with Crippen molar-refractivity contribution in [2.45, 2.75) is 19.8 Å². The van der Waals surface area contributed by atoms with E-state index in [0.29, 0.717) is 0 Å². The summed E-state index contributed by atoms with van der Waals surface area (Å²) in [5.74, 6) is 1.59. The number of nitrogens with one attached hydrogen (secondary N) is 1. The summed E-state index contributed by atoms with van der Waals surface area (Å²) in [7, 11) is 3.56. The van der Waals surface area contributed by atoms with Gasteiger partial charge in [-0.1, -0.05) is 13.0 Å². The second-order valence-corrected chi connectivity index (χ2v) is 4.22. The third-order valence-electron chi connectivity index (χ3n) is 3.01. The summed E-state index contributed by atoms with van der Waals surface area (Å²) in [6, 6.07) is 6.08. The molecular weight excluding hydrogens is 242 g/mol. The van der Waals surface area contributed by atoms with E-state index in [-0.39, 0.29) is 0 Å². The van der Waals surface area contributed by atoms with Crippen LogP contribution >= 0.6 is 0 Å². The van der Waals surface area contributed by atoms with Crippen molar-refractivity contribution in [2.24, 2.45) is 0 Å². The number of tetrazole rings is 1. The summed E-state index contributed by atoms with van der Waals surface area (Å²) in [5.41, 5.74) is 2.11. The van der Waals surface area contributed by atoms with Gasteiger partial charge in [0, 0.05) is 13.0 Å². The lowest BCUT2D eigenvalue weighted by atomic mass is 10.1. The summed E-state index contributed by atoms with van der Waals surface area (Å²) in [4.78, 5) is 0. The first-order valence-electron chi connectivity index (χ1n) is 6.39. The summed E-state index contributed by atoms with van der Waals surface area (Å²) in [6.07, 6.45) is 1.73. The Labute approximate surface area is 112 Å². The van der Waals surface area contributed by atoms with E-state index < -0.39 is 0 Å². The second-order valence-electron chi connectivity index (χ2n) is 4.22. The lowest BCUT2D eigenvalue weighted by Gasteiger charge is -2.11. The molecule has 102 valence electrons. The Morgan fingerprint density at radius 2 is 2.21 bits per heavy atom. The average Bonchev–Trinajstić information content (AvgIpc) is 2.92. The maximum absolute atomic E-state index is 5.40. The number of hydrogen-bond acceptors (Lipinski definition) is 5. The first-order chi connectivity index (χ1) is 9.30. The molecular formula is C13H19N5O. The van der Waals surface area contributed by atoms with Gasteiger partial charge in [-0.25, -0.2) is 0 Å². The van der Waals surface area contributed by atoms with Crippen molar-refractivity contribution in [2.75, 3.05) is 20.7 Å². The topological polar surface area (TPSA) is 64.9 Å². The van der Waals surface area contributed by atoms with Gasteiger partial charge in [-0.15, -0.1) is 5.10 Å². The standard InChI is InChI=1S/C13H19N5O/c1-4-10-5-6-12(19-3)11(9-10)18-13(7-8-14-2)15-16-17-18/h5-6,9,14H,4,7-8H2,1-3H3. The van der Waals surface area contributed by atoms with Crippen LogP contribution in [0, 0.1) is 0 Å². The largest absolute Gasteiger partial charge is 0.494 e. The van der Waals surface area contributed by atoms with Gasteiger partial charge in [0.15, 0.2) is 5.82 Å². The SMILES string of the molecule is CCc1ccc(OC)c(-n2nnnc2CCNC)c1. The number of likely N-dealkylation sites (N-methyl/N-ethyl adjacent to an activating group) is 1. The number of aromatic nitrogens is 4. The van der Waals surface area contributed by atoms with Gasteiger partial charge in [0.25, 0.3) is 0 Å². The first kappa shape index (κ1) is 13.5. The molecule has 0 saturated carbocycles. The van der Waals surface area contributed by atoms with Crippen LogP contribution in [0.3, 0.4) is 0 Å². The van der Waals surface area contributed by atoms with E-state index in [4.69, 9.17) is 4.74 Å². The molecule has 0 amide bonds. The number of aryl methyl sites for hydroxylation is 1. The van der Waals surface area contributed by atoms with Gasteiger partial charge in [0.1, 0.15) is 11.4 Å². The minimum Gasteiger partial charge on any atom is -0.494 e. The number of methoxy groups -OCH3 is 1. The molecule has 0 aliphatic carbocycles. The highest BCUT2D eigenvalue weighted by atomic mass is 16.5. The highest BCUT2D eigenvalue weighted by Gasteiger charge is 2.13. The number of hydrogen-bond donors (Lipinski definition) is 1. The number of ether oxygens (including phenoxy) is 1. The van der Waals surface area contributed by atoms with E-state index in [1.807, 2.05) is 13.1 Å². The Hall–Kier alpha value is -1.95. The molecule has 1 aromatic heterocycles. The summed E-state index contributed by atoms with van der Waals surface area (Å²) < 4.78 is 7.14. The van der Waals surface area contributed by atoms with E-state index in [1.165, 1.54) is 5.56 Å². The highest BCUT2D eigenvalue weighted by Crippen LogP contribution is 2.24. The fourth-order valence-electron chi connectivity index (χ4n) is 1.91. The van der Waals surface area contributed by atoms with Gasteiger partial charge in [0.2, 0.25) is 0 Å². The monoisotopic (exact) mass is 261 g/mol. The molecule has 19 heavy (non-hydrogen) atoms. The molecule has 6 heteroatoms. The first-order valence-corrected chi connectivity index (χ1v) is 6.39. The molecule has 0 aliphatic heterocycles. The molecule has 0 fully saturated rings. The summed E-state index contributed by atoms with van der Waals surface area (Å²) >= 11 is 0. The van der Waals surface area contributed by atoms with Crippen molar-refractivity contribution in [1.82, 2.24) is 25.5 Å². The van der Waals surface area contributed by atoms with Crippen LogP contribution in [0.2, 0.25) is 0 Å². The maximum Gasteiger partial charge on any atom is 0.158 e. The van der Waals surface area contributed by atoms with Crippen LogP contribution < -0.4 is 10.1 Å². The smallest absolute Gasteiger partial charge is 0.158 e. The lowest BCUT2D eigenvalue weighted by Crippen LogP contribution is -2.14.